The number of fused-ring (bicyclic) bond motifs is 1. The number of nitrogens with zero attached hydrogens (tertiary/aromatic N) is 2. The molecule has 1 N–H and O–H groups in total. The smallest absolute Gasteiger partial charge is 0.270 e. The summed E-state index contributed by atoms with van der Waals surface area (Å²) < 4.78 is 16.2. The molecule has 0 aliphatic rings. The second kappa shape index (κ2) is 10.3. The molecule has 7 heteroatoms. The van der Waals surface area contributed by atoms with E-state index >= 15 is 0 Å². The molecule has 0 spiro atoms. The van der Waals surface area contributed by atoms with Gasteiger partial charge in [-0.15, -0.1) is 0 Å². The lowest BCUT2D eigenvalue weighted by Gasteiger charge is -2.17. The number of rotatable bonds is 9. The van der Waals surface area contributed by atoms with Crippen LogP contribution in [0.5, 0.6) is 0 Å². The number of non-ortho nitro benzene ring substituents is 1. The van der Waals surface area contributed by atoms with Crippen LogP contribution in [0, 0.1) is 15.9 Å². The minimum Gasteiger partial charge on any atom is -0.356 e. The molecule has 6 nitrogen and oxygen atoms in total. The SMILES string of the molecule is CCCNC(=O)CC(c1cccc(F)c1)c1cn(Cc2ccccc2)c2ccc([N+](=O)[O-])cc12. The van der Waals surface area contributed by atoms with Crippen molar-refractivity contribution in [3.05, 3.63) is 112 Å². The molecule has 0 saturated heterocycles. The lowest BCUT2D eigenvalue weighted by atomic mass is 9.88. The topological polar surface area (TPSA) is 77.2 Å². The van der Waals surface area contributed by atoms with E-state index in [4.69, 9.17) is 0 Å². The molecule has 4 rings (SSSR count). The van der Waals surface area contributed by atoms with Crippen LogP contribution in [0.4, 0.5) is 10.1 Å². The highest BCUT2D eigenvalue weighted by Gasteiger charge is 2.24. The Morgan fingerprint density at radius 3 is 2.59 bits per heavy atom. The fraction of sp³-hybridized carbons (Fsp3) is 0.222. The lowest BCUT2D eigenvalue weighted by Crippen LogP contribution is -2.26. The predicted octanol–water partition coefficient (Wildman–Crippen LogP) is 5.79. The monoisotopic (exact) mass is 459 g/mol. The summed E-state index contributed by atoms with van der Waals surface area (Å²) in [7, 11) is 0. The molecular weight excluding hydrogens is 433 g/mol. The number of nitrogens with one attached hydrogen (secondary N) is 1. The molecule has 1 atom stereocenters. The van der Waals surface area contributed by atoms with E-state index in [1.54, 1.807) is 24.3 Å². The van der Waals surface area contributed by atoms with Crippen molar-refractivity contribution in [2.24, 2.45) is 0 Å². The molecule has 1 heterocycles. The maximum Gasteiger partial charge on any atom is 0.270 e. The van der Waals surface area contributed by atoms with Gasteiger partial charge >= 0.3 is 0 Å². The highest BCUT2D eigenvalue weighted by atomic mass is 19.1. The zero-order valence-corrected chi connectivity index (χ0v) is 18.9. The van der Waals surface area contributed by atoms with Gasteiger partial charge in [-0.3, -0.25) is 14.9 Å². The van der Waals surface area contributed by atoms with Gasteiger partial charge in [0.05, 0.1) is 4.92 Å². The van der Waals surface area contributed by atoms with E-state index in [0.717, 1.165) is 23.1 Å². The Morgan fingerprint density at radius 2 is 1.88 bits per heavy atom. The predicted molar refractivity (Wildman–Crippen MR) is 130 cm³/mol. The van der Waals surface area contributed by atoms with Gasteiger partial charge in [-0.1, -0.05) is 49.4 Å². The van der Waals surface area contributed by atoms with Gasteiger partial charge < -0.3 is 9.88 Å². The second-order valence-electron chi connectivity index (χ2n) is 8.32. The Kier molecular flexibility index (Phi) is 7.01. The molecule has 0 radical (unpaired) electrons. The summed E-state index contributed by atoms with van der Waals surface area (Å²) in [4.78, 5) is 23.8. The van der Waals surface area contributed by atoms with E-state index in [9.17, 15) is 19.3 Å². The van der Waals surface area contributed by atoms with Crippen molar-refractivity contribution >= 4 is 22.5 Å². The summed E-state index contributed by atoms with van der Waals surface area (Å²) in [6.45, 7) is 3.09. The highest BCUT2D eigenvalue weighted by molar-refractivity contribution is 5.88. The van der Waals surface area contributed by atoms with Gasteiger partial charge in [-0.25, -0.2) is 4.39 Å². The zero-order valence-electron chi connectivity index (χ0n) is 18.9. The van der Waals surface area contributed by atoms with Crippen molar-refractivity contribution in [3.63, 3.8) is 0 Å². The number of nitro benzene ring substituents is 1. The average molecular weight is 460 g/mol. The number of nitro groups is 1. The number of carbonyl (C=O) groups excluding carboxylic acids is 1. The quantitative estimate of drug-likeness (QED) is 0.254. The number of carbonyl (C=O) groups is 1. The number of halogens is 1. The van der Waals surface area contributed by atoms with Crippen LogP contribution in [-0.2, 0) is 11.3 Å². The van der Waals surface area contributed by atoms with Crippen LogP contribution in [0.15, 0.2) is 79.0 Å². The standard InChI is InChI=1S/C27H26FN3O3/c1-2-13-29-27(32)16-23(20-9-6-10-21(28)14-20)25-18-30(17-19-7-4-3-5-8-19)26-12-11-22(31(33)34)15-24(25)26/h3-12,14-15,18,23H,2,13,16-17H2,1H3,(H,29,32). The molecule has 3 aromatic carbocycles. The van der Waals surface area contributed by atoms with E-state index in [-0.39, 0.29) is 18.0 Å². The van der Waals surface area contributed by atoms with Crippen LogP contribution in [0.25, 0.3) is 10.9 Å². The minimum atomic E-state index is -0.464. The van der Waals surface area contributed by atoms with Gasteiger partial charge in [-0.2, -0.15) is 0 Å². The molecule has 0 saturated carbocycles. The summed E-state index contributed by atoms with van der Waals surface area (Å²) in [5.41, 5.74) is 3.27. The number of benzene rings is 3. The van der Waals surface area contributed by atoms with Gasteiger partial charge in [0.2, 0.25) is 5.91 Å². The normalized spacial score (nSPS) is 11.9. The maximum atomic E-state index is 14.2. The first-order valence-electron chi connectivity index (χ1n) is 11.3. The van der Waals surface area contributed by atoms with Gasteiger partial charge in [0.15, 0.2) is 0 Å². The van der Waals surface area contributed by atoms with Crippen LogP contribution < -0.4 is 5.32 Å². The van der Waals surface area contributed by atoms with Crippen LogP contribution in [0.1, 0.15) is 42.4 Å². The van der Waals surface area contributed by atoms with Crippen molar-refractivity contribution in [1.82, 2.24) is 9.88 Å². The molecule has 0 aliphatic heterocycles. The third-order valence-corrected chi connectivity index (χ3v) is 5.89. The Labute approximate surface area is 197 Å². The molecule has 174 valence electrons. The average Bonchev–Trinajstić information content (AvgIpc) is 3.19. The molecule has 34 heavy (non-hydrogen) atoms. The summed E-state index contributed by atoms with van der Waals surface area (Å²) in [6.07, 6.45) is 2.85. The Hall–Kier alpha value is -4.00. The lowest BCUT2D eigenvalue weighted by molar-refractivity contribution is -0.384. The largest absolute Gasteiger partial charge is 0.356 e. The fourth-order valence-electron chi connectivity index (χ4n) is 4.27. The maximum absolute atomic E-state index is 14.2. The fourth-order valence-corrected chi connectivity index (χ4v) is 4.27. The molecule has 1 unspecified atom stereocenters. The molecular formula is C27H26FN3O3. The van der Waals surface area contributed by atoms with E-state index in [1.165, 1.54) is 18.2 Å². The number of hydrogen-bond donors (Lipinski definition) is 1. The first-order valence-corrected chi connectivity index (χ1v) is 11.3. The van der Waals surface area contributed by atoms with Crippen LogP contribution in [0.3, 0.4) is 0 Å². The highest BCUT2D eigenvalue weighted by Crippen LogP contribution is 2.37. The van der Waals surface area contributed by atoms with Gasteiger partial charge in [0.25, 0.3) is 5.69 Å². The molecule has 4 aromatic rings. The van der Waals surface area contributed by atoms with Crippen molar-refractivity contribution in [2.45, 2.75) is 32.2 Å². The minimum absolute atomic E-state index is 0.0281. The summed E-state index contributed by atoms with van der Waals surface area (Å²) in [5, 5.41) is 15.1. The third kappa shape index (κ3) is 5.14. The number of hydrogen-bond acceptors (Lipinski definition) is 3. The molecule has 1 aromatic heterocycles. The summed E-state index contributed by atoms with van der Waals surface area (Å²) >= 11 is 0. The van der Waals surface area contributed by atoms with E-state index < -0.39 is 16.7 Å². The molecule has 0 aliphatic carbocycles. The van der Waals surface area contributed by atoms with Crippen molar-refractivity contribution in [3.8, 4) is 0 Å². The molecule has 0 fully saturated rings. The van der Waals surface area contributed by atoms with Crippen molar-refractivity contribution in [2.75, 3.05) is 6.54 Å². The van der Waals surface area contributed by atoms with Crippen LogP contribution in [0.2, 0.25) is 0 Å². The van der Waals surface area contributed by atoms with E-state index in [1.807, 2.05) is 48.0 Å². The number of amides is 1. The Bertz CT molecular complexity index is 1320. The third-order valence-electron chi connectivity index (χ3n) is 5.89. The van der Waals surface area contributed by atoms with E-state index in [0.29, 0.717) is 24.0 Å². The Balaban J connectivity index is 1.86. The zero-order chi connectivity index (χ0) is 24.1. The number of aromatic nitrogens is 1. The van der Waals surface area contributed by atoms with Gasteiger partial charge in [0.1, 0.15) is 5.82 Å². The van der Waals surface area contributed by atoms with Gasteiger partial charge in [-0.05, 0) is 41.3 Å². The molecule has 1 amide bonds. The first kappa shape index (κ1) is 23.2. The van der Waals surface area contributed by atoms with Crippen molar-refractivity contribution in [1.29, 1.82) is 0 Å². The van der Waals surface area contributed by atoms with Crippen molar-refractivity contribution < 1.29 is 14.1 Å². The van der Waals surface area contributed by atoms with E-state index in [2.05, 4.69) is 5.32 Å². The van der Waals surface area contributed by atoms with Crippen LogP contribution >= 0.6 is 0 Å². The second-order valence-corrected chi connectivity index (χ2v) is 8.32. The Morgan fingerprint density at radius 1 is 1.09 bits per heavy atom. The van der Waals surface area contributed by atoms with Gasteiger partial charge in [0, 0.05) is 54.7 Å². The molecule has 0 bridgehead atoms. The summed E-state index contributed by atoms with van der Waals surface area (Å²) in [5.74, 6) is -1.00. The summed E-state index contributed by atoms with van der Waals surface area (Å²) in [6, 6.07) is 20.9. The van der Waals surface area contributed by atoms with Crippen LogP contribution in [-0.4, -0.2) is 21.9 Å². The first-order chi connectivity index (χ1) is 16.5.